The Morgan fingerprint density at radius 2 is 2.16 bits per heavy atom. The third kappa shape index (κ3) is 4.42. The second-order valence-corrected chi connectivity index (χ2v) is 7.37. The molecule has 1 aromatic carbocycles. The summed E-state index contributed by atoms with van der Waals surface area (Å²) in [7, 11) is 3.94. The predicted molar refractivity (Wildman–Crippen MR) is 109 cm³/mol. The Labute approximate surface area is 153 Å². The number of aromatic nitrogens is 1. The topological polar surface area (TPSA) is 43.4 Å². The molecule has 4 nitrogen and oxygen atoms in total. The van der Waals surface area contributed by atoms with Crippen molar-refractivity contribution in [1.29, 1.82) is 0 Å². The Hall–Kier alpha value is -2.27. The van der Waals surface area contributed by atoms with E-state index < -0.39 is 0 Å². The highest BCUT2D eigenvalue weighted by atomic mass is 32.1. The van der Waals surface area contributed by atoms with E-state index in [-0.39, 0.29) is 0 Å². The minimum atomic E-state index is 0.872. The van der Waals surface area contributed by atoms with Crippen LogP contribution in [0.1, 0.15) is 16.0 Å². The number of nitrogens with zero attached hydrogens (tertiary/aromatic N) is 2. The molecule has 0 amide bonds. The van der Waals surface area contributed by atoms with Gasteiger partial charge in [-0.2, -0.15) is 0 Å². The van der Waals surface area contributed by atoms with E-state index in [0.717, 1.165) is 31.9 Å². The van der Waals surface area contributed by atoms with Crippen molar-refractivity contribution in [3.05, 3.63) is 57.9 Å². The third-order valence-electron chi connectivity index (χ3n) is 4.45. The highest BCUT2D eigenvalue weighted by Gasteiger charge is 2.08. The summed E-state index contributed by atoms with van der Waals surface area (Å²) in [5, 5.41) is 6.92. The van der Waals surface area contributed by atoms with Crippen molar-refractivity contribution in [2.75, 3.05) is 27.2 Å². The zero-order valence-corrected chi connectivity index (χ0v) is 16.0. The molecule has 0 aliphatic rings. The molecular formula is C20H26N4S. The van der Waals surface area contributed by atoms with Crippen molar-refractivity contribution in [1.82, 2.24) is 15.2 Å². The molecule has 0 fully saturated rings. The number of aliphatic imine (C=N–C) groups is 1. The molecule has 132 valence electrons. The molecule has 0 unspecified atom stereocenters. The van der Waals surface area contributed by atoms with Crippen molar-refractivity contribution in [2.45, 2.75) is 19.8 Å². The Morgan fingerprint density at radius 3 is 2.92 bits per heavy atom. The Morgan fingerprint density at radius 1 is 1.28 bits per heavy atom. The third-order valence-corrected chi connectivity index (χ3v) is 5.38. The summed E-state index contributed by atoms with van der Waals surface area (Å²) in [4.78, 5) is 11.4. The zero-order valence-electron chi connectivity index (χ0n) is 15.2. The van der Waals surface area contributed by atoms with E-state index in [9.17, 15) is 0 Å². The fourth-order valence-electron chi connectivity index (χ4n) is 3.04. The van der Waals surface area contributed by atoms with E-state index in [1.807, 2.05) is 18.4 Å². The Kier molecular flexibility index (Phi) is 5.76. The average molecular weight is 355 g/mol. The van der Waals surface area contributed by atoms with Gasteiger partial charge in [0, 0.05) is 49.2 Å². The van der Waals surface area contributed by atoms with E-state index in [4.69, 9.17) is 0 Å². The molecule has 0 saturated heterocycles. The molecule has 5 heteroatoms. The van der Waals surface area contributed by atoms with Crippen LogP contribution in [0.25, 0.3) is 10.9 Å². The SMILES string of the molecule is CN=C(NCCc1c[nH]c2cc(C)ccc12)N(C)CCc1cccs1. The smallest absolute Gasteiger partial charge is 0.193 e. The maximum absolute atomic E-state index is 4.41. The van der Waals surface area contributed by atoms with Crippen molar-refractivity contribution < 1.29 is 0 Å². The summed E-state index contributed by atoms with van der Waals surface area (Å²) in [5.74, 6) is 0.951. The first kappa shape index (κ1) is 17.5. The highest BCUT2D eigenvalue weighted by Crippen LogP contribution is 2.19. The lowest BCUT2D eigenvalue weighted by Crippen LogP contribution is -2.40. The van der Waals surface area contributed by atoms with Gasteiger partial charge in [0.15, 0.2) is 5.96 Å². The standard InChI is InChI=1S/C20H26N4S/c1-15-6-7-18-16(14-23-19(18)13-15)8-10-22-20(21-2)24(3)11-9-17-5-4-12-25-17/h4-7,12-14,23H,8-11H2,1-3H3,(H,21,22). The fraction of sp³-hybridized carbons (Fsp3) is 0.350. The molecule has 2 heterocycles. The second kappa shape index (κ2) is 8.21. The lowest BCUT2D eigenvalue weighted by Gasteiger charge is -2.21. The minimum absolute atomic E-state index is 0.872. The largest absolute Gasteiger partial charge is 0.361 e. The summed E-state index contributed by atoms with van der Waals surface area (Å²) < 4.78 is 0. The van der Waals surface area contributed by atoms with Gasteiger partial charge in [0.1, 0.15) is 0 Å². The number of likely N-dealkylation sites (N-methyl/N-ethyl adjacent to an activating group) is 1. The first-order valence-corrected chi connectivity index (χ1v) is 9.56. The van der Waals surface area contributed by atoms with Gasteiger partial charge in [-0.25, -0.2) is 0 Å². The molecule has 0 aliphatic heterocycles. The molecule has 0 bridgehead atoms. The first-order chi connectivity index (χ1) is 12.2. The Balaban J connectivity index is 1.52. The first-order valence-electron chi connectivity index (χ1n) is 8.68. The van der Waals surface area contributed by atoms with Gasteiger partial charge < -0.3 is 15.2 Å². The van der Waals surface area contributed by atoms with Crippen LogP contribution in [0.5, 0.6) is 0 Å². The van der Waals surface area contributed by atoms with Gasteiger partial charge in [-0.15, -0.1) is 11.3 Å². The van der Waals surface area contributed by atoms with E-state index in [1.165, 1.54) is 26.9 Å². The minimum Gasteiger partial charge on any atom is -0.361 e. The van der Waals surface area contributed by atoms with E-state index in [1.54, 1.807) is 0 Å². The fourth-order valence-corrected chi connectivity index (χ4v) is 3.74. The van der Waals surface area contributed by atoms with Gasteiger partial charge >= 0.3 is 0 Å². The molecule has 0 radical (unpaired) electrons. The summed E-state index contributed by atoms with van der Waals surface area (Å²) in [5.41, 5.74) is 3.85. The molecule has 3 rings (SSSR count). The second-order valence-electron chi connectivity index (χ2n) is 6.34. The van der Waals surface area contributed by atoms with Crippen molar-refractivity contribution in [3.63, 3.8) is 0 Å². The number of aryl methyl sites for hydroxylation is 1. The lowest BCUT2D eigenvalue weighted by molar-refractivity contribution is 0.487. The lowest BCUT2D eigenvalue weighted by atomic mass is 10.1. The van der Waals surface area contributed by atoms with E-state index >= 15 is 0 Å². The van der Waals surface area contributed by atoms with Crippen LogP contribution in [-0.2, 0) is 12.8 Å². The van der Waals surface area contributed by atoms with Crippen LogP contribution < -0.4 is 5.32 Å². The maximum atomic E-state index is 4.41. The number of nitrogens with one attached hydrogen (secondary N) is 2. The summed E-state index contributed by atoms with van der Waals surface area (Å²) >= 11 is 1.81. The molecule has 25 heavy (non-hydrogen) atoms. The number of H-pyrrole nitrogens is 1. The van der Waals surface area contributed by atoms with Gasteiger partial charge in [-0.3, -0.25) is 4.99 Å². The average Bonchev–Trinajstić information content (AvgIpc) is 3.26. The van der Waals surface area contributed by atoms with Crippen LogP contribution in [0.15, 0.2) is 46.9 Å². The number of hydrogen-bond donors (Lipinski definition) is 2. The number of aromatic amines is 1. The summed E-state index contributed by atoms with van der Waals surface area (Å²) in [6, 6.07) is 10.9. The van der Waals surface area contributed by atoms with Gasteiger partial charge in [0.25, 0.3) is 0 Å². The quantitative estimate of drug-likeness (QED) is 0.522. The number of fused-ring (bicyclic) bond motifs is 1. The number of thiophene rings is 1. The van der Waals surface area contributed by atoms with Gasteiger partial charge in [0.05, 0.1) is 0 Å². The van der Waals surface area contributed by atoms with Crippen LogP contribution in [0.2, 0.25) is 0 Å². The normalized spacial score (nSPS) is 11.9. The molecule has 2 N–H and O–H groups in total. The molecule has 0 aliphatic carbocycles. The van der Waals surface area contributed by atoms with E-state index in [0.29, 0.717) is 0 Å². The van der Waals surface area contributed by atoms with Gasteiger partial charge in [-0.05, 0) is 48.4 Å². The number of guanidine groups is 1. The van der Waals surface area contributed by atoms with Crippen molar-refractivity contribution >= 4 is 28.2 Å². The number of rotatable bonds is 6. The number of hydrogen-bond acceptors (Lipinski definition) is 2. The van der Waals surface area contributed by atoms with Crippen LogP contribution >= 0.6 is 11.3 Å². The molecule has 0 atom stereocenters. The van der Waals surface area contributed by atoms with Crippen molar-refractivity contribution in [3.8, 4) is 0 Å². The maximum Gasteiger partial charge on any atom is 0.193 e. The van der Waals surface area contributed by atoms with E-state index in [2.05, 4.69) is 76.1 Å². The monoisotopic (exact) mass is 354 g/mol. The molecule has 0 spiro atoms. The van der Waals surface area contributed by atoms with Crippen LogP contribution in [0, 0.1) is 6.92 Å². The van der Waals surface area contributed by atoms with Gasteiger partial charge in [-0.1, -0.05) is 18.2 Å². The molecule has 3 aromatic rings. The molecule has 0 saturated carbocycles. The summed E-state index contributed by atoms with van der Waals surface area (Å²) in [6.45, 7) is 3.96. The zero-order chi connectivity index (χ0) is 17.6. The van der Waals surface area contributed by atoms with Crippen LogP contribution in [0.4, 0.5) is 0 Å². The van der Waals surface area contributed by atoms with Gasteiger partial charge in [0.2, 0.25) is 0 Å². The number of benzene rings is 1. The predicted octanol–water partition coefficient (Wildman–Crippen LogP) is 3.83. The molecular weight excluding hydrogens is 328 g/mol. The van der Waals surface area contributed by atoms with Crippen molar-refractivity contribution in [2.24, 2.45) is 4.99 Å². The van der Waals surface area contributed by atoms with Crippen LogP contribution in [-0.4, -0.2) is 43.0 Å². The Bertz CT molecular complexity index is 833. The molecule has 2 aromatic heterocycles. The van der Waals surface area contributed by atoms with Crippen LogP contribution in [0.3, 0.4) is 0 Å². The highest BCUT2D eigenvalue weighted by molar-refractivity contribution is 7.09. The summed E-state index contributed by atoms with van der Waals surface area (Å²) in [6.07, 6.45) is 4.15.